The number of nitrogens with zero attached hydrogens (tertiary/aromatic N) is 2. The monoisotopic (exact) mass is 458 g/mol. The Morgan fingerprint density at radius 1 is 1.16 bits per heavy atom. The van der Waals surface area contributed by atoms with E-state index in [4.69, 9.17) is 9.47 Å². The molecule has 0 aliphatic carbocycles. The summed E-state index contributed by atoms with van der Waals surface area (Å²) >= 11 is 0.571. The van der Waals surface area contributed by atoms with Crippen LogP contribution in [0.3, 0.4) is 0 Å². The maximum Gasteiger partial charge on any atom is 0.325 e. The van der Waals surface area contributed by atoms with E-state index in [2.05, 4.69) is 4.74 Å². The molecule has 0 saturated carbocycles. The van der Waals surface area contributed by atoms with Crippen LogP contribution in [0.5, 0.6) is 11.5 Å². The number of nitro benzene ring substituents is 1. The summed E-state index contributed by atoms with van der Waals surface area (Å²) in [5, 5.41) is 11.0. The molecule has 32 heavy (non-hydrogen) atoms. The van der Waals surface area contributed by atoms with Crippen LogP contribution >= 0.6 is 11.8 Å². The molecule has 0 unspecified atom stereocenters. The quantitative estimate of drug-likeness (QED) is 0.253. The van der Waals surface area contributed by atoms with Gasteiger partial charge in [0.15, 0.2) is 11.5 Å². The normalized spacial score (nSPS) is 14.6. The van der Waals surface area contributed by atoms with Gasteiger partial charge in [-0.25, -0.2) is 0 Å². The molecule has 2 aromatic rings. The number of benzene rings is 2. The van der Waals surface area contributed by atoms with Gasteiger partial charge < -0.3 is 14.2 Å². The van der Waals surface area contributed by atoms with Gasteiger partial charge in [-0.15, -0.1) is 0 Å². The third-order valence-electron chi connectivity index (χ3n) is 4.42. The number of rotatable bonds is 8. The molecule has 0 aromatic heterocycles. The summed E-state index contributed by atoms with van der Waals surface area (Å²) in [7, 11) is 2.51. The summed E-state index contributed by atoms with van der Waals surface area (Å²) in [5.74, 6) is -1.14. The number of carbonyl (C=O) groups is 3. The molecule has 0 radical (unpaired) electrons. The third-order valence-corrected chi connectivity index (χ3v) is 5.33. The van der Waals surface area contributed by atoms with Crippen LogP contribution in [0.25, 0.3) is 6.08 Å². The number of esters is 1. The van der Waals surface area contributed by atoms with Crippen molar-refractivity contribution in [1.82, 2.24) is 4.90 Å². The number of thioether (sulfide) groups is 1. The lowest BCUT2D eigenvalue weighted by molar-refractivity contribution is -0.385. The minimum absolute atomic E-state index is 0.0440. The van der Waals surface area contributed by atoms with Gasteiger partial charge in [0, 0.05) is 0 Å². The number of ether oxygens (including phenoxy) is 3. The lowest BCUT2D eigenvalue weighted by atomic mass is 10.1. The van der Waals surface area contributed by atoms with Crippen LogP contribution in [-0.2, 0) is 20.9 Å². The first-order valence-corrected chi connectivity index (χ1v) is 10.0. The molecule has 1 fully saturated rings. The van der Waals surface area contributed by atoms with E-state index in [9.17, 15) is 24.5 Å². The minimum Gasteiger partial charge on any atom is -0.493 e. The maximum atomic E-state index is 12.5. The number of hydrogen-bond acceptors (Lipinski definition) is 9. The Morgan fingerprint density at radius 2 is 1.88 bits per heavy atom. The number of methoxy groups -OCH3 is 2. The van der Waals surface area contributed by atoms with Crippen LogP contribution in [0.1, 0.15) is 11.1 Å². The molecule has 1 aliphatic rings. The summed E-state index contributed by atoms with van der Waals surface area (Å²) in [6.45, 7) is -0.379. The van der Waals surface area contributed by atoms with Gasteiger partial charge in [-0.1, -0.05) is 30.3 Å². The average molecular weight is 458 g/mol. The van der Waals surface area contributed by atoms with Gasteiger partial charge in [0.05, 0.1) is 35.7 Å². The Morgan fingerprint density at radius 3 is 2.50 bits per heavy atom. The van der Waals surface area contributed by atoms with E-state index in [1.807, 2.05) is 30.3 Å². The smallest absolute Gasteiger partial charge is 0.325 e. The second-order valence-electron chi connectivity index (χ2n) is 6.44. The van der Waals surface area contributed by atoms with Gasteiger partial charge >= 0.3 is 5.97 Å². The summed E-state index contributed by atoms with van der Waals surface area (Å²) in [6, 6.07) is 11.8. The van der Waals surface area contributed by atoms with Crippen molar-refractivity contribution in [1.29, 1.82) is 0 Å². The number of hydrogen-bond donors (Lipinski definition) is 0. The molecule has 0 atom stereocenters. The number of carbonyl (C=O) groups excluding carboxylic acids is 3. The average Bonchev–Trinajstić information content (AvgIpc) is 3.05. The molecule has 2 aromatic carbocycles. The molecule has 10 nitrogen and oxygen atoms in total. The Kier molecular flexibility index (Phi) is 7.11. The van der Waals surface area contributed by atoms with E-state index in [1.54, 1.807) is 0 Å². The number of amides is 2. The van der Waals surface area contributed by atoms with E-state index in [-0.39, 0.29) is 34.3 Å². The van der Waals surface area contributed by atoms with Crippen LogP contribution in [-0.4, -0.2) is 47.7 Å². The van der Waals surface area contributed by atoms with Crippen molar-refractivity contribution in [2.24, 2.45) is 0 Å². The highest BCUT2D eigenvalue weighted by molar-refractivity contribution is 8.18. The molecule has 0 spiro atoms. The molecule has 1 aliphatic heterocycles. The van der Waals surface area contributed by atoms with E-state index < -0.39 is 28.6 Å². The van der Waals surface area contributed by atoms with Crippen molar-refractivity contribution in [2.75, 3.05) is 20.8 Å². The Balaban J connectivity index is 1.92. The zero-order valence-electron chi connectivity index (χ0n) is 17.1. The Bertz CT molecular complexity index is 1100. The molecular weight excluding hydrogens is 440 g/mol. The molecule has 0 bridgehead atoms. The first-order valence-electron chi connectivity index (χ1n) is 9.19. The van der Waals surface area contributed by atoms with E-state index in [1.165, 1.54) is 25.3 Å². The summed E-state index contributed by atoms with van der Waals surface area (Å²) < 4.78 is 15.5. The molecule has 0 N–H and O–H groups in total. The van der Waals surface area contributed by atoms with Crippen LogP contribution in [0.2, 0.25) is 0 Å². The van der Waals surface area contributed by atoms with Gasteiger partial charge in [-0.05, 0) is 29.5 Å². The van der Waals surface area contributed by atoms with Gasteiger partial charge in [0.1, 0.15) is 13.2 Å². The summed E-state index contributed by atoms with van der Waals surface area (Å²) in [5.41, 5.74) is 0.566. The molecule has 1 saturated heterocycles. The van der Waals surface area contributed by atoms with E-state index in [0.29, 0.717) is 16.7 Å². The largest absolute Gasteiger partial charge is 0.493 e. The fourth-order valence-electron chi connectivity index (χ4n) is 2.82. The van der Waals surface area contributed by atoms with Gasteiger partial charge in [-0.3, -0.25) is 29.4 Å². The van der Waals surface area contributed by atoms with Crippen molar-refractivity contribution >= 4 is 40.6 Å². The van der Waals surface area contributed by atoms with Gasteiger partial charge in [-0.2, -0.15) is 0 Å². The minimum atomic E-state index is -0.763. The van der Waals surface area contributed by atoms with Crippen LogP contribution < -0.4 is 9.47 Å². The second kappa shape index (κ2) is 9.96. The first kappa shape index (κ1) is 22.8. The molecular formula is C21H18N2O8S. The first-order chi connectivity index (χ1) is 15.3. The second-order valence-corrected chi connectivity index (χ2v) is 7.43. The fraction of sp³-hybridized carbons (Fsp3) is 0.190. The summed E-state index contributed by atoms with van der Waals surface area (Å²) in [6.07, 6.45) is 1.21. The SMILES string of the molecule is COC(=O)CN1C(=O)SC(=Cc2cc(OC)c(OCc3ccccc3)cc2[N+](=O)[O-])C1=O. The fourth-order valence-corrected chi connectivity index (χ4v) is 3.65. The molecule has 3 rings (SSSR count). The molecule has 1 heterocycles. The Labute approximate surface area is 186 Å². The van der Waals surface area contributed by atoms with E-state index >= 15 is 0 Å². The van der Waals surface area contributed by atoms with Crippen LogP contribution in [0.4, 0.5) is 10.5 Å². The highest BCUT2D eigenvalue weighted by Gasteiger charge is 2.37. The van der Waals surface area contributed by atoms with Crippen molar-refractivity contribution in [3.8, 4) is 11.5 Å². The van der Waals surface area contributed by atoms with Crippen molar-refractivity contribution in [2.45, 2.75) is 6.61 Å². The highest BCUT2D eigenvalue weighted by Crippen LogP contribution is 2.39. The lowest BCUT2D eigenvalue weighted by Gasteiger charge is -2.12. The number of nitro groups is 1. The lowest BCUT2D eigenvalue weighted by Crippen LogP contribution is -2.34. The predicted molar refractivity (Wildman–Crippen MR) is 115 cm³/mol. The third kappa shape index (κ3) is 5.06. The molecule has 2 amide bonds. The Hall–Kier alpha value is -3.86. The van der Waals surface area contributed by atoms with Crippen molar-refractivity contribution in [3.63, 3.8) is 0 Å². The van der Waals surface area contributed by atoms with Crippen molar-refractivity contribution < 1.29 is 33.5 Å². The zero-order valence-corrected chi connectivity index (χ0v) is 17.9. The van der Waals surface area contributed by atoms with Gasteiger partial charge in [0.2, 0.25) is 0 Å². The highest BCUT2D eigenvalue weighted by atomic mass is 32.2. The predicted octanol–water partition coefficient (Wildman–Crippen LogP) is 3.39. The standard InChI is InChI=1S/C21H18N2O8S/c1-29-16-8-14(9-18-20(25)22(21(26)32-18)11-19(24)30-2)15(23(27)28)10-17(16)31-12-13-6-4-3-5-7-13/h3-10H,11-12H2,1-2H3. The topological polar surface area (TPSA) is 125 Å². The van der Waals surface area contributed by atoms with Crippen LogP contribution in [0, 0.1) is 10.1 Å². The molecule has 11 heteroatoms. The van der Waals surface area contributed by atoms with Crippen LogP contribution in [0.15, 0.2) is 47.4 Å². The van der Waals surface area contributed by atoms with Crippen molar-refractivity contribution in [3.05, 3.63) is 68.6 Å². The summed E-state index contributed by atoms with van der Waals surface area (Å²) in [4.78, 5) is 47.7. The number of imide groups is 1. The van der Waals surface area contributed by atoms with E-state index in [0.717, 1.165) is 12.7 Å². The maximum absolute atomic E-state index is 12.5. The zero-order chi connectivity index (χ0) is 23.3. The molecule has 166 valence electrons. The van der Waals surface area contributed by atoms with Gasteiger partial charge in [0.25, 0.3) is 16.8 Å².